The molecule has 4 rings (SSSR count). The Morgan fingerprint density at radius 2 is 1.76 bits per heavy atom. The minimum Gasteiger partial charge on any atom is -0.508 e. The molecule has 2 aromatic carbocycles. The summed E-state index contributed by atoms with van der Waals surface area (Å²) in [7, 11) is 0. The van der Waals surface area contributed by atoms with Crippen molar-refractivity contribution in [1.82, 2.24) is 9.38 Å². The first kappa shape index (κ1) is 15.7. The van der Waals surface area contributed by atoms with Crippen LogP contribution in [0, 0.1) is 6.92 Å². The number of imidazole rings is 1. The molecule has 0 aliphatic rings. The number of fused-ring (bicyclic) bond motifs is 1. The van der Waals surface area contributed by atoms with Crippen LogP contribution in [0.1, 0.15) is 5.56 Å². The van der Waals surface area contributed by atoms with Gasteiger partial charge in [-0.1, -0.05) is 18.2 Å². The van der Waals surface area contributed by atoms with Crippen molar-refractivity contribution < 1.29 is 5.11 Å². The highest BCUT2D eigenvalue weighted by Gasteiger charge is 2.15. The summed E-state index contributed by atoms with van der Waals surface area (Å²) in [5, 5.41) is 13.1. The van der Waals surface area contributed by atoms with Crippen LogP contribution in [-0.2, 0) is 0 Å². The van der Waals surface area contributed by atoms with Crippen LogP contribution in [-0.4, -0.2) is 14.5 Å². The van der Waals surface area contributed by atoms with Crippen LogP contribution in [0.25, 0.3) is 16.9 Å². The molecule has 2 N–H and O–H groups in total. The van der Waals surface area contributed by atoms with Crippen LogP contribution in [0.2, 0.25) is 0 Å². The van der Waals surface area contributed by atoms with E-state index in [0.29, 0.717) is 0 Å². The lowest BCUT2D eigenvalue weighted by molar-refractivity contribution is 0.475. The topological polar surface area (TPSA) is 49.6 Å². The number of phenols is 1. The van der Waals surface area contributed by atoms with E-state index in [9.17, 15) is 5.11 Å². The summed E-state index contributed by atoms with van der Waals surface area (Å²) in [5.74, 6) is 1.12. The van der Waals surface area contributed by atoms with Gasteiger partial charge in [-0.25, -0.2) is 4.98 Å². The average Bonchev–Trinajstić information content (AvgIpc) is 2.95. The molecule has 0 unspecified atom stereocenters. The fraction of sp³-hybridized carbons (Fsp3) is 0.0500. The molecular formula is C20H16BrN3O. The highest BCUT2D eigenvalue weighted by molar-refractivity contribution is 9.10. The van der Waals surface area contributed by atoms with E-state index in [1.54, 1.807) is 12.1 Å². The maximum atomic E-state index is 9.57. The number of anilines is 2. The lowest BCUT2D eigenvalue weighted by Gasteiger charge is -2.11. The molecule has 0 bridgehead atoms. The smallest absolute Gasteiger partial charge is 0.143 e. The molecule has 4 nitrogen and oxygen atoms in total. The van der Waals surface area contributed by atoms with Crippen molar-refractivity contribution in [2.45, 2.75) is 6.92 Å². The van der Waals surface area contributed by atoms with Gasteiger partial charge in [0.1, 0.15) is 22.9 Å². The molecule has 0 radical (unpaired) electrons. The molecule has 0 aliphatic heterocycles. The maximum Gasteiger partial charge on any atom is 0.143 e. The number of rotatable bonds is 3. The number of aromatic hydroxyl groups is 1. The Bertz CT molecular complexity index is 1050. The van der Waals surface area contributed by atoms with Gasteiger partial charge in [0.05, 0.1) is 0 Å². The minimum atomic E-state index is 0.240. The van der Waals surface area contributed by atoms with E-state index < -0.39 is 0 Å². The van der Waals surface area contributed by atoms with Gasteiger partial charge in [-0.2, -0.15) is 0 Å². The Labute approximate surface area is 153 Å². The van der Waals surface area contributed by atoms with Gasteiger partial charge in [-0.3, -0.25) is 4.40 Å². The van der Waals surface area contributed by atoms with Crippen LogP contribution in [0.15, 0.2) is 71.3 Å². The zero-order valence-electron chi connectivity index (χ0n) is 13.6. The van der Waals surface area contributed by atoms with Crippen LogP contribution >= 0.6 is 15.9 Å². The summed E-state index contributed by atoms with van der Waals surface area (Å²) in [4.78, 5) is 4.78. The standard InChI is InChI=1S/C20H16BrN3O/c1-13-4-2-3-5-17(13)22-20-19(14-6-9-16(25)10-7-14)23-18-11-8-15(21)12-24(18)20/h2-12,22,25H,1H3. The molecular weight excluding hydrogens is 378 g/mol. The van der Waals surface area contributed by atoms with E-state index in [1.165, 1.54) is 0 Å². The predicted molar refractivity (Wildman–Crippen MR) is 104 cm³/mol. The van der Waals surface area contributed by atoms with Gasteiger partial charge in [-0.15, -0.1) is 0 Å². The minimum absolute atomic E-state index is 0.240. The number of aromatic nitrogens is 2. The highest BCUT2D eigenvalue weighted by atomic mass is 79.9. The normalized spacial score (nSPS) is 11.0. The summed E-state index contributed by atoms with van der Waals surface area (Å²) in [6.07, 6.45) is 1.99. The summed E-state index contributed by atoms with van der Waals surface area (Å²) in [5.41, 5.74) is 4.81. The van der Waals surface area contributed by atoms with E-state index >= 15 is 0 Å². The zero-order chi connectivity index (χ0) is 17.4. The number of aryl methyl sites for hydroxylation is 1. The number of hydrogen-bond acceptors (Lipinski definition) is 3. The number of benzene rings is 2. The molecule has 0 saturated carbocycles. The second kappa shape index (κ2) is 6.26. The number of para-hydroxylation sites is 1. The van der Waals surface area contributed by atoms with E-state index in [-0.39, 0.29) is 5.75 Å². The second-order valence-electron chi connectivity index (χ2n) is 5.87. The Morgan fingerprint density at radius 1 is 1.00 bits per heavy atom. The number of pyridine rings is 1. The van der Waals surface area contributed by atoms with Gasteiger partial charge in [0.25, 0.3) is 0 Å². The number of nitrogens with zero attached hydrogens (tertiary/aromatic N) is 2. The van der Waals surface area contributed by atoms with E-state index in [0.717, 1.165) is 38.4 Å². The Kier molecular flexibility index (Phi) is 3.93. The largest absolute Gasteiger partial charge is 0.508 e. The van der Waals surface area contributed by atoms with Gasteiger partial charge in [0.15, 0.2) is 0 Å². The number of halogens is 1. The summed E-state index contributed by atoms with van der Waals surface area (Å²) < 4.78 is 3.00. The Balaban J connectivity index is 1.93. The first-order valence-corrected chi connectivity index (χ1v) is 8.71. The van der Waals surface area contributed by atoms with Gasteiger partial charge < -0.3 is 10.4 Å². The van der Waals surface area contributed by atoms with Crippen molar-refractivity contribution in [3.8, 4) is 17.0 Å². The predicted octanol–water partition coefficient (Wildman–Crippen LogP) is 5.52. The third-order valence-electron chi connectivity index (χ3n) is 4.12. The second-order valence-corrected chi connectivity index (χ2v) is 6.79. The highest BCUT2D eigenvalue weighted by Crippen LogP contribution is 2.33. The Hall–Kier alpha value is -2.79. The van der Waals surface area contributed by atoms with Gasteiger partial charge >= 0.3 is 0 Å². The molecule has 0 saturated heterocycles. The van der Waals surface area contributed by atoms with Crippen molar-refractivity contribution in [3.63, 3.8) is 0 Å². The quantitative estimate of drug-likeness (QED) is 0.481. The summed E-state index contributed by atoms with van der Waals surface area (Å²) >= 11 is 3.53. The molecule has 0 atom stereocenters. The van der Waals surface area contributed by atoms with Crippen LogP contribution in [0.5, 0.6) is 5.75 Å². The van der Waals surface area contributed by atoms with Crippen molar-refractivity contribution in [3.05, 3.63) is 76.9 Å². The third kappa shape index (κ3) is 2.98. The van der Waals surface area contributed by atoms with E-state index in [4.69, 9.17) is 4.98 Å². The number of hydrogen-bond donors (Lipinski definition) is 2. The molecule has 2 heterocycles. The molecule has 0 spiro atoms. The zero-order valence-corrected chi connectivity index (χ0v) is 15.2. The van der Waals surface area contributed by atoms with Gasteiger partial charge in [0, 0.05) is 21.9 Å². The molecule has 0 aliphatic carbocycles. The third-order valence-corrected chi connectivity index (χ3v) is 4.59. The Morgan fingerprint density at radius 3 is 2.52 bits per heavy atom. The summed E-state index contributed by atoms with van der Waals surface area (Å²) in [6, 6.07) is 19.2. The average molecular weight is 394 g/mol. The molecule has 0 fully saturated rings. The van der Waals surface area contributed by atoms with E-state index in [1.807, 2.05) is 53.1 Å². The van der Waals surface area contributed by atoms with Crippen LogP contribution in [0.3, 0.4) is 0 Å². The maximum absolute atomic E-state index is 9.57. The fourth-order valence-corrected chi connectivity index (χ4v) is 3.14. The number of nitrogens with one attached hydrogen (secondary N) is 1. The lowest BCUT2D eigenvalue weighted by Crippen LogP contribution is -1.98. The molecule has 0 amide bonds. The molecule has 25 heavy (non-hydrogen) atoms. The SMILES string of the molecule is Cc1ccccc1Nc1c(-c2ccc(O)cc2)nc2ccc(Br)cn12. The van der Waals surface area contributed by atoms with Crippen molar-refractivity contribution in [2.24, 2.45) is 0 Å². The summed E-state index contributed by atoms with van der Waals surface area (Å²) in [6.45, 7) is 2.07. The monoisotopic (exact) mass is 393 g/mol. The van der Waals surface area contributed by atoms with Crippen molar-refractivity contribution >= 4 is 33.1 Å². The first-order valence-electron chi connectivity index (χ1n) is 7.91. The molecule has 5 heteroatoms. The number of phenolic OH excluding ortho intramolecular Hbond substituents is 1. The van der Waals surface area contributed by atoms with E-state index in [2.05, 4.69) is 34.2 Å². The van der Waals surface area contributed by atoms with Crippen molar-refractivity contribution in [2.75, 3.05) is 5.32 Å². The van der Waals surface area contributed by atoms with Gasteiger partial charge in [0.2, 0.25) is 0 Å². The molecule has 4 aromatic rings. The molecule has 124 valence electrons. The van der Waals surface area contributed by atoms with Gasteiger partial charge in [-0.05, 0) is 70.9 Å². The fourth-order valence-electron chi connectivity index (χ4n) is 2.80. The lowest BCUT2D eigenvalue weighted by atomic mass is 10.1. The van der Waals surface area contributed by atoms with Crippen LogP contribution < -0.4 is 5.32 Å². The van der Waals surface area contributed by atoms with Crippen molar-refractivity contribution in [1.29, 1.82) is 0 Å². The molecule has 2 aromatic heterocycles. The first-order chi connectivity index (χ1) is 12.1. The van der Waals surface area contributed by atoms with Crippen LogP contribution in [0.4, 0.5) is 11.5 Å².